The van der Waals surface area contributed by atoms with Crippen LogP contribution in [0.4, 0.5) is 0 Å². The third-order valence-electron chi connectivity index (χ3n) is 5.43. The molecule has 0 radical (unpaired) electrons. The fourth-order valence-corrected chi connectivity index (χ4v) is 4.56. The summed E-state index contributed by atoms with van der Waals surface area (Å²) in [5.41, 5.74) is 1.63. The van der Waals surface area contributed by atoms with Crippen molar-refractivity contribution in [2.45, 2.75) is 58.0 Å². The van der Waals surface area contributed by atoms with Crippen LogP contribution >= 0.6 is 11.3 Å². The van der Waals surface area contributed by atoms with Gasteiger partial charge in [0.25, 0.3) is 12.4 Å². The summed E-state index contributed by atoms with van der Waals surface area (Å²) in [6.45, 7) is 4.57. The molecule has 2 aromatic heterocycles. The highest BCUT2D eigenvalue weighted by molar-refractivity contribution is 7.09. The molecular formula is C22H32N4O4S. The molecule has 0 aromatic carbocycles. The molecule has 2 aromatic rings. The first kappa shape index (κ1) is 24.6. The fourth-order valence-electron chi connectivity index (χ4n) is 3.73. The SMILES string of the molecule is CC(C)c1nc(CN(C)C(=O)C2CCC(NC(=O)c3cccn3C)CC2)cs1.O=CO. The largest absolute Gasteiger partial charge is 0.483 e. The summed E-state index contributed by atoms with van der Waals surface area (Å²) in [7, 11) is 3.73. The first-order valence-corrected chi connectivity index (χ1v) is 11.3. The van der Waals surface area contributed by atoms with Crippen LogP contribution in [0, 0.1) is 5.92 Å². The summed E-state index contributed by atoms with van der Waals surface area (Å²) in [4.78, 5) is 40.0. The Kier molecular flexibility index (Phi) is 9.23. The predicted molar refractivity (Wildman–Crippen MR) is 120 cm³/mol. The van der Waals surface area contributed by atoms with Crippen LogP contribution in [0.15, 0.2) is 23.7 Å². The number of aromatic nitrogens is 2. The van der Waals surface area contributed by atoms with E-state index in [1.54, 1.807) is 16.2 Å². The van der Waals surface area contributed by atoms with Gasteiger partial charge in [0.15, 0.2) is 0 Å². The highest BCUT2D eigenvalue weighted by Gasteiger charge is 2.29. The van der Waals surface area contributed by atoms with E-state index in [1.807, 2.05) is 37.0 Å². The number of carboxylic acid groups (broad SMARTS) is 1. The zero-order valence-electron chi connectivity index (χ0n) is 18.6. The Morgan fingerprint density at radius 2 is 2.00 bits per heavy atom. The Labute approximate surface area is 187 Å². The molecular weight excluding hydrogens is 416 g/mol. The van der Waals surface area contributed by atoms with Crippen LogP contribution in [0.25, 0.3) is 0 Å². The van der Waals surface area contributed by atoms with Gasteiger partial charge in [-0.3, -0.25) is 14.4 Å². The van der Waals surface area contributed by atoms with Gasteiger partial charge in [-0.1, -0.05) is 13.8 Å². The van der Waals surface area contributed by atoms with Gasteiger partial charge < -0.3 is 19.9 Å². The van der Waals surface area contributed by atoms with Crippen molar-refractivity contribution in [2.24, 2.45) is 13.0 Å². The second kappa shape index (κ2) is 11.6. The van der Waals surface area contributed by atoms with Crippen molar-refractivity contribution in [3.63, 3.8) is 0 Å². The molecule has 8 nitrogen and oxygen atoms in total. The maximum absolute atomic E-state index is 12.8. The van der Waals surface area contributed by atoms with Gasteiger partial charge in [0, 0.05) is 43.5 Å². The van der Waals surface area contributed by atoms with Crippen molar-refractivity contribution in [1.82, 2.24) is 19.8 Å². The monoisotopic (exact) mass is 448 g/mol. The van der Waals surface area contributed by atoms with E-state index in [2.05, 4.69) is 29.5 Å². The number of nitrogens with zero attached hydrogens (tertiary/aromatic N) is 3. The summed E-state index contributed by atoms with van der Waals surface area (Å²) >= 11 is 1.66. The zero-order chi connectivity index (χ0) is 23.0. The van der Waals surface area contributed by atoms with Crippen molar-refractivity contribution < 1.29 is 19.5 Å². The molecule has 3 rings (SSSR count). The van der Waals surface area contributed by atoms with E-state index in [0.29, 0.717) is 18.2 Å². The average Bonchev–Trinajstić information content (AvgIpc) is 3.37. The number of aryl methyl sites for hydroxylation is 1. The first-order chi connectivity index (χ1) is 14.8. The van der Waals surface area contributed by atoms with Gasteiger partial charge >= 0.3 is 0 Å². The number of hydrogen-bond acceptors (Lipinski definition) is 5. The molecule has 0 saturated heterocycles. The Morgan fingerprint density at radius 3 is 2.52 bits per heavy atom. The van der Waals surface area contributed by atoms with E-state index in [4.69, 9.17) is 9.90 Å². The first-order valence-electron chi connectivity index (χ1n) is 10.5. The molecule has 0 aliphatic heterocycles. The van der Waals surface area contributed by atoms with Crippen LogP contribution in [0.2, 0.25) is 0 Å². The lowest BCUT2D eigenvalue weighted by molar-refractivity contribution is -0.136. The third kappa shape index (κ3) is 6.92. The topological polar surface area (TPSA) is 105 Å². The highest BCUT2D eigenvalue weighted by atomic mass is 32.1. The number of carbonyl (C=O) groups excluding carboxylic acids is 2. The third-order valence-corrected chi connectivity index (χ3v) is 6.62. The van der Waals surface area contributed by atoms with Crippen LogP contribution < -0.4 is 5.32 Å². The molecule has 9 heteroatoms. The van der Waals surface area contributed by atoms with Crippen molar-refractivity contribution in [3.05, 3.63) is 40.1 Å². The maximum atomic E-state index is 12.8. The van der Waals surface area contributed by atoms with E-state index in [1.165, 1.54) is 0 Å². The Balaban J connectivity index is 0.00000107. The summed E-state index contributed by atoms with van der Waals surface area (Å²) in [6, 6.07) is 3.83. The zero-order valence-corrected chi connectivity index (χ0v) is 19.4. The van der Waals surface area contributed by atoms with Crippen LogP contribution in [-0.4, -0.2) is 50.9 Å². The number of thiazole rings is 1. The Bertz CT molecular complexity index is 868. The smallest absolute Gasteiger partial charge is 0.290 e. The van der Waals surface area contributed by atoms with Crippen molar-refractivity contribution in [1.29, 1.82) is 0 Å². The fraction of sp³-hybridized carbons (Fsp3) is 0.545. The molecule has 170 valence electrons. The summed E-state index contributed by atoms with van der Waals surface area (Å²) in [5, 5.41) is 13.2. The Hall–Kier alpha value is -2.68. The molecule has 1 fully saturated rings. The molecule has 0 bridgehead atoms. The van der Waals surface area contributed by atoms with Gasteiger partial charge in [0.1, 0.15) is 5.69 Å². The normalized spacial score (nSPS) is 18.1. The molecule has 2 amide bonds. The molecule has 2 heterocycles. The minimum atomic E-state index is -0.250. The van der Waals surface area contributed by atoms with Gasteiger partial charge in [0.2, 0.25) is 5.91 Å². The van der Waals surface area contributed by atoms with Gasteiger partial charge in [-0.15, -0.1) is 11.3 Å². The number of hydrogen-bond donors (Lipinski definition) is 2. The van der Waals surface area contributed by atoms with E-state index in [-0.39, 0.29) is 30.2 Å². The van der Waals surface area contributed by atoms with Crippen molar-refractivity contribution in [2.75, 3.05) is 7.05 Å². The van der Waals surface area contributed by atoms with Crippen molar-refractivity contribution in [3.8, 4) is 0 Å². The standard InChI is InChI=1S/C21H30N4O2S.CH2O2/c1-14(2)20-23-17(13-28-20)12-25(4)21(27)15-7-9-16(10-8-15)22-19(26)18-6-5-11-24(18)3;2-1-3/h5-6,11,13-16H,7-10,12H2,1-4H3,(H,22,26);1H,(H,2,3). The Morgan fingerprint density at radius 1 is 1.35 bits per heavy atom. The van der Waals surface area contributed by atoms with E-state index < -0.39 is 0 Å². The number of carbonyl (C=O) groups is 3. The minimum absolute atomic E-state index is 0.0381. The molecule has 31 heavy (non-hydrogen) atoms. The minimum Gasteiger partial charge on any atom is -0.483 e. The number of amides is 2. The summed E-state index contributed by atoms with van der Waals surface area (Å²) in [6.07, 6.45) is 5.18. The van der Waals surface area contributed by atoms with Crippen LogP contribution in [0.1, 0.15) is 66.6 Å². The van der Waals surface area contributed by atoms with Crippen LogP contribution in [0.3, 0.4) is 0 Å². The number of nitrogens with one attached hydrogen (secondary N) is 1. The molecule has 0 atom stereocenters. The molecule has 1 aliphatic rings. The lowest BCUT2D eigenvalue weighted by atomic mass is 9.85. The highest BCUT2D eigenvalue weighted by Crippen LogP contribution is 2.27. The molecule has 2 N–H and O–H groups in total. The van der Waals surface area contributed by atoms with Crippen LogP contribution in [0.5, 0.6) is 0 Å². The quantitative estimate of drug-likeness (QED) is 0.660. The van der Waals surface area contributed by atoms with Gasteiger partial charge in [0.05, 0.1) is 17.2 Å². The van der Waals surface area contributed by atoms with E-state index in [0.717, 1.165) is 36.4 Å². The summed E-state index contributed by atoms with van der Waals surface area (Å²) in [5.74, 6) is 0.604. The second-order valence-electron chi connectivity index (χ2n) is 8.16. The van der Waals surface area contributed by atoms with E-state index >= 15 is 0 Å². The van der Waals surface area contributed by atoms with Gasteiger partial charge in [-0.2, -0.15) is 0 Å². The van der Waals surface area contributed by atoms with Crippen molar-refractivity contribution >= 4 is 29.6 Å². The molecule has 0 unspecified atom stereocenters. The second-order valence-corrected chi connectivity index (χ2v) is 9.05. The predicted octanol–water partition coefficient (Wildman–Crippen LogP) is 3.25. The number of rotatable bonds is 6. The van der Waals surface area contributed by atoms with Crippen LogP contribution in [-0.2, 0) is 23.2 Å². The average molecular weight is 449 g/mol. The van der Waals surface area contributed by atoms with E-state index in [9.17, 15) is 9.59 Å². The lowest BCUT2D eigenvalue weighted by Gasteiger charge is -2.30. The molecule has 0 spiro atoms. The summed E-state index contributed by atoms with van der Waals surface area (Å²) < 4.78 is 1.82. The molecule has 1 saturated carbocycles. The molecule has 1 aliphatic carbocycles. The van der Waals surface area contributed by atoms with Gasteiger partial charge in [-0.25, -0.2) is 4.98 Å². The lowest BCUT2D eigenvalue weighted by Crippen LogP contribution is -2.41. The van der Waals surface area contributed by atoms with Gasteiger partial charge in [-0.05, 0) is 37.8 Å². The maximum Gasteiger partial charge on any atom is 0.290 e.